The van der Waals surface area contributed by atoms with Gasteiger partial charge in [0, 0.05) is 12.7 Å². The van der Waals surface area contributed by atoms with Crippen molar-refractivity contribution in [1.82, 2.24) is 9.62 Å². The first-order chi connectivity index (χ1) is 15.9. The Morgan fingerprint density at radius 1 is 1.03 bits per heavy atom. The molecule has 13 heteroatoms. The summed E-state index contributed by atoms with van der Waals surface area (Å²) >= 11 is 0. The SMILES string of the molecule is C[C@H](O)[C@H](NS(=O)(=O)c1ccc(F)cc1)C(=O)OCC(=O)N(C)CC(=O)Nc1ccc(F)cc1. The van der Waals surface area contributed by atoms with Gasteiger partial charge in [0.2, 0.25) is 15.9 Å². The Morgan fingerprint density at radius 3 is 2.09 bits per heavy atom. The van der Waals surface area contributed by atoms with Crippen molar-refractivity contribution < 1.29 is 41.4 Å². The molecule has 0 unspecified atom stereocenters. The molecule has 0 bridgehead atoms. The van der Waals surface area contributed by atoms with Crippen molar-refractivity contribution in [3.8, 4) is 0 Å². The fraction of sp³-hybridized carbons (Fsp3) is 0.286. The number of hydrogen-bond donors (Lipinski definition) is 3. The van der Waals surface area contributed by atoms with Gasteiger partial charge in [-0.2, -0.15) is 4.72 Å². The minimum atomic E-state index is -4.32. The monoisotopic (exact) mass is 499 g/mol. The fourth-order valence-corrected chi connectivity index (χ4v) is 3.82. The van der Waals surface area contributed by atoms with E-state index in [0.29, 0.717) is 5.69 Å². The number of nitrogens with zero attached hydrogens (tertiary/aromatic N) is 1. The number of anilines is 1. The number of esters is 1. The van der Waals surface area contributed by atoms with Crippen LogP contribution >= 0.6 is 0 Å². The Balaban J connectivity index is 1.91. The van der Waals surface area contributed by atoms with Crippen LogP contribution in [0.25, 0.3) is 0 Å². The smallest absolute Gasteiger partial charge is 0.327 e. The van der Waals surface area contributed by atoms with Crippen LogP contribution < -0.4 is 10.0 Å². The number of ether oxygens (including phenoxy) is 1. The molecule has 2 amide bonds. The van der Waals surface area contributed by atoms with Gasteiger partial charge < -0.3 is 20.1 Å². The second-order valence-corrected chi connectivity index (χ2v) is 8.92. The van der Waals surface area contributed by atoms with Gasteiger partial charge in [-0.25, -0.2) is 17.2 Å². The lowest BCUT2D eigenvalue weighted by atomic mass is 10.2. The third-order valence-corrected chi connectivity index (χ3v) is 5.87. The Kier molecular flexibility index (Phi) is 9.18. The van der Waals surface area contributed by atoms with Crippen LogP contribution in [0, 0.1) is 11.6 Å². The molecular formula is C21H23F2N3O7S. The summed E-state index contributed by atoms with van der Waals surface area (Å²) in [5.74, 6) is -3.77. The second kappa shape index (κ2) is 11.6. The van der Waals surface area contributed by atoms with Gasteiger partial charge in [-0.15, -0.1) is 0 Å². The average Bonchev–Trinajstić information content (AvgIpc) is 2.77. The highest BCUT2D eigenvalue weighted by Gasteiger charge is 2.31. The van der Waals surface area contributed by atoms with Crippen molar-refractivity contribution in [2.24, 2.45) is 0 Å². The molecule has 3 N–H and O–H groups in total. The molecule has 0 aromatic heterocycles. The van der Waals surface area contributed by atoms with Gasteiger partial charge >= 0.3 is 5.97 Å². The molecule has 0 fully saturated rings. The van der Waals surface area contributed by atoms with Crippen molar-refractivity contribution in [1.29, 1.82) is 0 Å². The lowest BCUT2D eigenvalue weighted by Gasteiger charge is -2.21. The van der Waals surface area contributed by atoms with Crippen LogP contribution in [0.3, 0.4) is 0 Å². The molecule has 0 radical (unpaired) electrons. The summed E-state index contributed by atoms with van der Waals surface area (Å²) in [6.07, 6.45) is -1.53. The maximum absolute atomic E-state index is 13.0. The van der Waals surface area contributed by atoms with E-state index in [1.807, 2.05) is 4.72 Å². The lowest BCUT2D eigenvalue weighted by Crippen LogP contribution is -2.49. The number of carbonyl (C=O) groups is 3. The van der Waals surface area contributed by atoms with E-state index in [0.717, 1.165) is 48.2 Å². The van der Waals surface area contributed by atoms with Crippen LogP contribution in [-0.2, 0) is 29.1 Å². The normalized spacial score (nSPS) is 13.0. The number of aliphatic hydroxyl groups is 1. The number of benzene rings is 2. The van der Waals surface area contributed by atoms with Crippen LogP contribution in [0.5, 0.6) is 0 Å². The highest BCUT2D eigenvalue weighted by atomic mass is 32.2. The van der Waals surface area contributed by atoms with Gasteiger partial charge in [0.15, 0.2) is 6.61 Å². The molecule has 2 atom stereocenters. The highest BCUT2D eigenvalue weighted by molar-refractivity contribution is 7.89. The zero-order chi connectivity index (χ0) is 25.5. The summed E-state index contributed by atoms with van der Waals surface area (Å²) in [6.45, 7) is -0.113. The molecule has 34 heavy (non-hydrogen) atoms. The number of likely N-dealkylation sites (N-methyl/N-ethyl adjacent to an activating group) is 1. The zero-order valence-corrected chi connectivity index (χ0v) is 19.0. The Bertz CT molecular complexity index is 1120. The summed E-state index contributed by atoms with van der Waals surface area (Å²) in [7, 11) is -3.05. The highest BCUT2D eigenvalue weighted by Crippen LogP contribution is 2.12. The summed E-state index contributed by atoms with van der Waals surface area (Å²) in [5.41, 5.74) is 0.312. The van der Waals surface area contributed by atoms with E-state index < -0.39 is 64.7 Å². The number of rotatable bonds is 10. The molecule has 0 saturated heterocycles. The first kappa shape index (κ1) is 26.8. The molecule has 0 spiro atoms. The van der Waals surface area contributed by atoms with E-state index >= 15 is 0 Å². The van der Waals surface area contributed by atoms with Crippen molar-refractivity contribution in [3.05, 3.63) is 60.2 Å². The molecular weight excluding hydrogens is 476 g/mol. The lowest BCUT2D eigenvalue weighted by molar-refractivity contribution is -0.155. The Hall–Kier alpha value is -3.42. The molecule has 0 saturated carbocycles. The van der Waals surface area contributed by atoms with E-state index in [1.54, 1.807) is 0 Å². The van der Waals surface area contributed by atoms with Crippen molar-refractivity contribution in [2.75, 3.05) is 25.5 Å². The van der Waals surface area contributed by atoms with Gasteiger partial charge in [-0.05, 0) is 55.5 Å². The first-order valence-corrected chi connectivity index (χ1v) is 11.3. The minimum absolute atomic E-state index is 0.312. The standard InChI is InChI=1S/C21H23F2N3O7S/c1-13(27)20(25-34(31,32)17-9-5-15(23)6-10-17)21(30)33-12-19(29)26(2)11-18(28)24-16-7-3-14(22)4-8-16/h3-10,13,20,25,27H,11-12H2,1-2H3,(H,24,28)/t13-,20-/m0/s1. The molecule has 0 heterocycles. The van der Waals surface area contributed by atoms with E-state index in [-0.39, 0.29) is 4.90 Å². The largest absolute Gasteiger partial charge is 0.454 e. The van der Waals surface area contributed by atoms with Gasteiger partial charge in [-0.1, -0.05) is 0 Å². The first-order valence-electron chi connectivity index (χ1n) is 9.81. The minimum Gasteiger partial charge on any atom is -0.454 e. The fourth-order valence-electron chi connectivity index (χ4n) is 2.56. The third kappa shape index (κ3) is 7.86. The van der Waals surface area contributed by atoms with E-state index in [1.165, 1.54) is 19.2 Å². The number of amides is 2. The molecule has 0 aliphatic rings. The summed E-state index contributed by atoms with van der Waals surface area (Å²) < 4.78 is 57.5. The van der Waals surface area contributed by atoms with Crippen molar-refractivity contribution in [3.63, 3.8) is 0 Å². The number of aliphatic hydroxyl groups excluding tert-OH is 1. The molecule has 184 valence electrons. The second-order valence-electron chi connectivity index (χ2n) is 7.21. The van der Waals surface area contributed by atoms with Crippen LogP contribution in [0.4, 0.5) is 14.5 Å². The van der Waals surface area contributed by atoms with Crippen molar-refractivity contribution >= 4 is 33.5 Å². The number of sulfonamides is 1. The summed E-state index contributed by atoms with van der Waals surface area (Å²) in [5, 5.41) is 12.3. The van der Waals surface area contributed by atoms with E-state index in [2.05, 4.69) is 5.32 Å². The number of carbonyl (C=O) groups excluding carboxylic acids is 3. The predicted molar refractivity (Wildman–Crippen MR) is 116 cm³/mol. The number of hydrogen-bond acceptors (Lipinski definition) is 7. The molecule has 0 aliphatic carbocycles. The maximum atomic E-state index is 13.0. The van der Waals surface area contributed by atoms with Gasteiger partial charge in [0.1, 0.15) is 17.7 Å². The maximum Gasteiger partial charge on any atom is 0.327 e. The third-order valence-electron chi connectivity index (χ3n) is 4.41. The molecule has 2 rings (SSSR count). The Morgan fingerprint density at radius 2 is 1.56 bits per heavy atom. The molecule has 2 aromatic rings. The average molecular weight is 499 g/mol. The van der Waals surface area contributed by atoms with Crippen LogP contribution in [0.1, 0.15) is 6.92 Å². The van der Waals surface area contributed by atoms with Gasteiger partial charge in [0.25, 0.3) is 5.91 Å². The summed E-state index contributed by atoms with van der Waals surface area (Å²) in [4.78, 5) is 37.1. The van der Waals surface area contributed by atoms with Crippen molar-refractivity contribution in [2.45, 2.75) is 24.0 Å². The number of nitrogens with one attached hydrogen (secondary N) is 2. The topological polar surface area (TPSA) is 142 Å². The zero-order valence-electron chi connectivity index (χ0n) is 18.2. The Labute approximate surface area is 194 Å². The number of halogens is 2. The molecule has 10 nitrogen and oxygen atoms in total. The van der Waals surface area contributed by atoms with E-state index in [4.69, 9.17) is 4.74 Å². The quantitative estimate of drug-likeness (QED) is 0.407. The molecule has 0 aliphatic heterocycles. The molecule has 2 aromatic carbocycles. The van der Waals surface area contributed by atoms with Crippen LogP contribution in [-0.4, -0.2) is 68.6 Å². The van der Waals surface area contributed by atoms with Crippen LogP contribution in [0.2, 0.25) is 0 Å². The van der Waals surface area contributed by atoms with E-state index in [9.17, 15) is 36.7 Å². The van der Waals surface area contributed by atoms with Crippen LogP contribution in [0.15, 0.2) is 53.4 Å². The summed E-state index contributed by atoms with van der Waals surface area (Å²) in [6, 6.07) is 6.96. The van der Waals surface area contributed by atoms with Gasteiger partial charge in [0.05, 0.1) is 17.5 Å². The predicted octanol–water partition coefficient (Wildman–Crippen LogP) is 0.633. The van der Waals surface area contributed by atoms with Gasteiger partial charge in [-0.3, -0.25) is 14.4 Å².